The van der Waals surface area contributed by atoms with Crippen LogP contribution in [0, 0.1) is 6.92 Å². The molecule has 4 nitrogen and oxygen atoms in total. The first-order chi connectivity index (χ1) is 16.5. The van der Waals surface area contributed by atoms with Crippen molar-refractivity contribution >= 4 is 9.84 Å². The van der Waals surface area contributed by atoms with Crippen LogP contribution in [0.5, 0.6) is 0 Å². The van der Waals surface area contributed by atoms with Crippen LogP contribution in [-0.2, 0) is 9.84 Å². The molecule has 0 saturated carbocycles. The molecule has 0 fully saturated rings. The third-order valence-electron chi connectivity index (χ3n) is 5.72. The monoisotopic (exact) mass is 465 g/mol. The highest BCUT2D eigenvalue weighted by Gasteiger charge is 2.37. The zero-order chi connectivity index (χ0) is 23.5. The van der Waals surface area contributed by atoms with Crippen LogP contribution in [-0.4, -0.2) is 13.4 Å². The molecule has 5 rings (SSSR count). The third-order valence-corrected chi connectivity index (χ3v) is 7.76. The second-order valence-electron chi connectivity index (χ2n) is 8.11. The Morgan fingerprint density at radius 2 is 1.21 bits per heavy atom. The van der Waals surface area contributed by atoms with Crippen molar-refractivity contribution in [1.82, 2.24) is 4.98 Å². The number of sulfone groups is 1. The number of aryl methyl sites for hydroxylation is 1. The van der Waals surface area contributed by atoms with E-state index in [1.165, 1.54) is 0 Å². The summed E-state index contributed by atoms with van der Waals surface area (Å²) in [6.45, 7) is 1.93. The number of hydrogen-bond donors (Lipinski definition) is 0. The molecule has 1 atom stereocenters. The van der Waals surface area contributed by atoms with E-state index in [2.05, 4.69) is 0 Å². The van der Waals surface area contributed by atoms with Gasteiger partial charge in [0.25, 0.3) is 0 Å². The van der Waals surface area contributed by atoms with Gasteiger partial charge >= 0.3 is 0 Å². The molecule has 0 N–H and O–H groups in total. The molecule has 5 aromatic rings. The minimum Gasteiger partial charge on any atom is -0.439 e. The second kappa shape index (κ2) is 9.12. The highest BCUT2D eigenvalue weighted by molar-refractivity contribution is 7.91. The summed E-state index contributed by atoms with van der Waals surface area (Å²) in [4.78, 5) is 5.03. The predicted molar refractivity (Wildman–Crippen MR) is 134 cm³/mol. The second-order valence-corrected chi connectivity index (χ2v) is 10.1. The van der Waals surface area contributed by atoms with Crippen molar-refractivity contribution in [3.8, 4) is 22.7 Å². The molecule has 0 unspecified atom stereocenters. The molecule has 34 heavy (non-hydrogen) atoms. The molecule has 0 radical (unpaired) electrons. The van der Waals surface area contributed by atoms with E-state index >= 15 is 0 Å². The lowest BCUT2D eigenvalue weighted by Crippen LogP contribution is -2.15. The van der Waals surface area contributed by atoms with Gasteiger partial charge in [0.1, 0.15) is 5.69 Å². The smallest absolute Gasteiger partial charge is 0.226 e. The molecular formula is C29H23NO3S. The summed E-state index contributed by atoms with van der Waals surface area (Å²) in [5.41, 5.74) is 3.71. The fourth-order valence-electron chi connectivity index (χ4n) is 3.98. The molecule has 168 valence electrons. The fourth-order valence-corrected chi connectivity index (χ4v) is 5.72. The molecule has 0 saturated heterocycles. The molecule has 0 aliphatic rings. The van der Waals surface area contributed by atoms with Gasteiger partial charge in [0.2, 0.25) is 5.89 Å². The first-order valence-electron chi connectivity index (χ1n) is 11.0. The van der Waals surface area contributed by atoms with Crippen LogP contribution in [0.4, 0.5) is 0 Å². The maximum absolute atomic E-state index is 14.1. The van der Waals surface area contributed by atoms with Crippen LogP contribution >= 0.6 is 0 Å². The van der Waals surface area contributed by atoms with E-state index in [1.54, 1.807) is 12.1 Å². The van der Waals surface area contributed by atoms with Gasteiger partial charge in [-0.2, -0.15) is 0 Å². The average Bonchev–Trinajstić information content (AvgIpc) is 3.31. The third kappa shape index (κ3) is 4.18. The Balaban J connectivity index is 1.78. The number of benzene rings is 4. The summed E-state index contributed by atoms with van der Waals surface area (Å²) >= 11 is 0. The standard InChI is InChI=1S/C29H23NO3S/c1-21-17-19-25(20-18-21)34(31,32)28(23-13-7-3-8-14-23)27-26(22-11-5-2-6-12-22)30-29(33-27)24-15-9-4-10-16-24/h2-20,28H,1H3/t28-/m1/s1. The number of oxazole rings is 1. The van der Waals surface area contributed by atoms with Crippen molar-refractivity contribution in [2.24, 2.45) is 0 Å². The van der Waals surface area contributed by atoms with Gasteiger partial charge in [0.15, 0.2) is 20.8 Å². The van der Waals surface area contributed by atoms with Crippen molar-refractivity contribution in [3.05, 3.63) is 132 Å². The summed E-state index contributed by atoms with van der Waals surface area (Å²) in [5, 5.41) is -1.06. The van der Waals surface area contributed by atoms with E-state index < -0.39 is 15.1 Å². The maximum Gasteiger partial charge on any atom is 0.226 e. The van der Waals surface area contributed by atoms with E-state index in [9.17, 15) is 8.42 Å². The normalized spacial score (nSPS) is 12.4. The van der Waals surface area contributed by atoms with Gasteiger partial charge < -0.3 is 4.42 Å². The summed E-state index contributed by atoms with van der Waals surface area (Å²) in [5.74, 6) is 0.686. The molecule has 0 aliphatic heterocycles. The van der Waals surface area contributed by atoms with Crippen LogP contribution in [0.1, 0.15) is 22.1 Å². The van der Waals surface area contributed by atoms with E-state index in [0.717, 1.165) is 16.7 Å². The van der Waals surface area contributed by atoms with Crippen molar-refractivity contribution < 1.29 is 12.8 Å². The molecule has 5 heteroatoms. The quantitative estimate of drug-likeness (QED) is 0.274. The van der Waals surface area contributed by atoms with Gasteiger partial charge in [-0.1, -0.05) is 96.6 Å². The van der Waals surface area contributed by atoms with Crippen molar-refractivity contribution in [2.75, 3.05) is 0 Å². The van der Waals surface area contributed by atoms with Gasteiger partial charge in [0, 0.05) is 11.1 Å². The molecule has 0 bridgehead atoms. The van der Waals surface area contributed by atoms with Crippen LogP contribution in [0.2, 0.25) is 0 Å². The molecule has 0 spiro atoms. The van der Waals surface area contributed by atoms with Crippen LogP contribution in [0.25, 0.3) is 22.7 Å². The van der Waals surface area contributed by atoms with Crippen LogP contribution < -0.4 is 0 Å². The van der Waals surface area contributed by atoms with Gasteiger partial charge in [-0.3, -0.25) is 0 Å². The fraction of sp³-hybridized carbons (Fsp3) is 0.0690. The first kappa shape index (κ1) is 21.9. The summed E-state index contributed by atoms with van der Waals surface area (Å²) in [6, 6.07) is 35.2. The SMILES string of the molecule is Cc1ccc(S(=O)(=O)[C@H](c2ccccc2)c2oc(-c3ccccc3)nc2-c2ccccc2)cc1. The van der Waals surface area contributed by atoms with E-state index in [4.69, 9.17) is 9.40 Å². The van der Waals surface area contributed by atoms with Crippen molar-refractivity contribution in [2.45, 2.75) is 17.1 Å². The zero-order valence-corrected chi connectivity index (χ0v) is 19.4. The minimum atomic E-state index is -3.86. The van der Waals surface area contributed by atoms with Crippen molar-refractivity contribution in [1.29, 1.82) is 0 Å². The Morgan fingerprint density at radius 1 is 0.676 bits per heavy atom. The zero-order valence-electron chi connectivity index (χ0n) is 18.6. The maximum atomic E-state index is 14.1. The summed E-state index contributed by atoms with van der Waals surface area (Å²) in [6.07, 6.45) is 0. The molecule has 4 aromatic carbocycles. The Bertz CT molecular complexity index is 1490. The average molecular weight is 466 g/mol. The van der Waals surface area contributed by atoms with Gasteiger partial charge in [0.05, 0.1) is 4.90 Å². The molecule has 1 aromatic heterocycles. The van der Waals surface area contributed by atoms with E-state index in [-0.39, 0.29) is 4.90 Å². The Hall–Kier alpha value is -3.96. The Labute approximate surface area is 199 Å². The lowest BCUT2D eigenvalue weighted by molar-refractivity contribution is 0.513. The lowest BCUT2D eigenvalue weighted by Gasteiger charge is -2.18. The lowest BCUT2D eigenvalue weighted by atomic mass is 10.0. The molecule has 0 aliphatic carbocycles. The van der Waals surface area contributed by atoms with Crippen LogP contribution in [0.15, 0.2) is 125 Å². The number of rotatable bonds is 6. The Morgan fingerprint density at radius 3 is 1.79 bits per heavy atom. The predicted octanol–water partition coefficient (Wildman–Crippen LogP) is 6.88. The highest BCUT2D eigenvalue weighted by Crippen LogP contribution is 2.42. The molecular weight excluding hydrogens is 442 g/mol. The van der Waals surface area contributed by atoms with Gasteiger partial charge in [-0.15, -0.1) is 0 Å². The van der Waals surface area contributed by atoms with E-state index in [0.29, 0.717) is 22.9 Å². The molecule has 0 amide bonds. The van der Waals surface area contributed by atoms with Crippen LogP contribution in [0.3, 0.4) is 0 Å². The number of hydrogen-bond acceptors (Lipinski definition) is 4. The highest BCUT2D eigenvalue weighted by atomic mass is 32.2. The minimum absolute atomic E-state index is 0.239. The number of nitrogens with zero attached hydrogens (tertiary/aromatic N) is 1. The Kier molecular flexibility index (Phi) is 5.86. The topological polar surface area (TPSA) is 60.2 Å². The number of aromatic nitrogens is 1. The van der Waals surface area contributed by atoms with E-state index in [1.807, 2.05) is 110 Å². The molecule has 1 heterocycles. The first-order valence-corrected chi connectivity index (χ1v) is 12.6. The summed E-state index contributed by atoms with van der Waals surface area (Å²) < 4.78 is 34.5. The van der Waals surface area contributed by atoms with Gasteiger partial charge in [-0.25, -0.2) is 13.4 Å². The summed E-state index contributed by atoms with van der Waals surface area (Å²) in [7, 11) is -3.86. The largest absolute Gasteiger partial charge is 0.439 e. The van der Waals surface area contributed by atoms with Crippen molar-refractivity contribution in [3.63, 3.8) is 0 Å². The van der Waals surface area contributed by atoms with Gasteiger partial charge in [-0.05, 0) is 36.8 Å².